The number of ether oxygens (including phenoxy) is 1. The van der Waals surface area contributed by atoms with Crippen molar-refractivity contribution >= 4 is 16.4 Å². The second-order valence-corrected chi connectivity index (χ2v) is 3.84. The van der Waals surface area contributed by atoms with Crippen molar-refractivity contribution in [2.45, 2.75) is 0 Å². The van der Waals surface area contributed by atoms with Gasteiger partial charge in [-0.2, -0.15) is 8.42 Å². The SMILES string of the molecule is O=C(OCCOS(=O)(=O)O)c1ccccc1. The summed E-state index contributed by atoms with van der Waals surface area (Å²) in [5.74, 6) is -0.584. The minimum Gasteiger partial charge on any atom is -0.460 e. The van der Waals surface area contributed by atoms with Gasteiger partial charge in [-0.15, -0.1) is 0 Å². The van der Waals surface area contributed by atoms with E-state index in [0.717, 1.165) is 0 Å². The van der Waals surface area contributed by atoms with Crippen LogP contribution in [0.3, 0.4) is 0 Å². The standard InChI is InChI=1S/C9H10O6S/c10-9(8-4-2-1-3-5-8)14-6-7-15-16(11,12)13/h1-5H,6-7H2,(H,11,12,13). The fourth-order valence-corrected chi connectivity index (χ4v) is 1.21. The molecule has 6 nitrogen and oxygen atoms in total. The van der Waals surface area contributed by atoms with Gasteiger partial charge < -0.3 is 4.74 Å². The van der Waals surface area contributed by atoms with E-state index in [1.54, 1.807) is 30.3 Å². The van der Waals surface area contributed by atoms with Gasteiger partial charge in [-0.25, -0.2) is 8.98 Å². The van der Waals surface area contributed by atoms with Gasteiger partial charge in [-0.3, -0.25) is 4.55 Å². The molecule has 0 fully saturated rings. The fourth-order valence-electron chi connectivity index (χ4n) is 0.931. The van der Waals surface area contributed by atoms with Crippen molar-refractivity contribution in [1.82, 2.24) is 0 Å². The lowest BCUT2D eigenvalue weighted by Gasteiger charge is -2.03. The first-order valence-electron chi connectivity index (χ1n) is 4.33. The molecule has 0 aromatic heterocycles. The summed E-state index contributed by atoms with van der Waals surface area (Å²) in [5, 5.41) is 0. The van der Waals surface area contributed by atoms with Gasteiger partial charge in [0.05, 0.1) is 5.56 Å². The molecule has 0 aliphatic carbocycles. The van der Waals surface area contributed by atoms with Crippen molar-refractivity contribution in [3.05, 3.63) is 35.9 Å². The van der Waals surface area contributed by atoms with E-state index in [-0.39, 0.29) is 6.61 Å². The molecule has 0 heterocycles. The maximum Gasteiger partial charge on any atom is 0.397 e. The van der Waals surface area contributed by atoms with Gasteiger partial charge >= 0.3 is 16.4 Å². The van der Waals surface area contributed by atoms with Crippen LogP contribution in [-0.4, -0.2) is 32.2 Å². The molecule has 0 saturated heterocycles. The first kappa shape index (κ1) is 12.6. The molecule has 0 aliphatic heterocycles. The second kappa shape index (κ2) is 5.59. The Hall–Kier alpha value is -1.44. The minimum atomic E-state index is -4.48. The molecule has 0 aliphatic rings. The van der Waals surface area contributed by atoms with Crippen molar-refractivity contribution < 1.29 is 26.7 Å². The normalized spacial score (nSPS) is 11.1. The average molecular weight is 246 g/mol. The molecular formula is C9H10O6S. The van der Waals surface area contributed by atoms with Gasteiger partial charge in [0.1, 0.15) is 13.2 Å². The lowest BCUT2D eigenvalue weighted by atomic mass is 10.2. The molecule has 0 amide bonds. The molecule has 1 rings (SSSR count). The number of hydrogen-bond donors (Lipinski definition) is 1. The Labute approximate surface area is 92.8 Å². The number of esters is 1. The largest absolute Gasteiger partial charge is 0.460 e. The number of hydrogen-bond acceptors (Lipinski definition) is 5. The van der Waals surface area contributed by atoms with E-state index in [2.05, 4.69) is 8.92 Å². The van der Waals surface area contributed by atoms with Crippen molar-refractivity contribution in [2.24, 2.45) is 0 Å². The molecule has 1 aromatic rings. The maximum absolute atomic E-state index is 11.3. The van der Waals surface area contributed by atoms with Crippen molar-refractivity contribution in [3.63, 3.8) is 0 Å². The molecule has 0 unspecified atom stereocenters. The molecule has 0 spiro atoms. The molecule has 1 N–H and O–H groups in total. The first-order valence-corrected chi connectivity index (χ1v) is 5.69. The Balaban J connectivity index is 2.32. The highest BCUT2D eigenvalue weighted by Crippen LogP contribution is 2.00. The van der Waals surface area contributed by atoms with Gasteiger partial charge in [-0.1, -0.05) is 18.2 Å². The van der Waals surface area contributed by atoms with E-state index in [1.807, 2.05) is 0 Å². The highest BCUT2D eigenvalue weighted by molar-refractivity contribution is 7.80. The highest BCUT2D eigenvalue weighted by atomic mass is 32.3. The fraction of sp³-hybridized carbons (Fsp3) is 0.222. The second-order valence-electron chi connectivity index (χ2n) is 2.75. The minimum absolute atomic E-state index is 0.256. The monoisotopic (exact) mass is 246 g/mol. The van der Waals surface area contributed by atoms with Crippen LogP contribution in [-0.2, 0) is 19.3 Å². The lowest BCUT2D eigenvalue weighted by molar-refractivity contribution is 0.0445. The summed E-state index contributed by atoms with van der Waals surface area (Å²) in [6.45, 7) is -0.676. The Morgan fingerprint density at radius 3 is 2.38 bits per heavy atom. The zero-order valence-electron chi connectivity index (χ0n) is 8.20. The van der Waals surface area contributed by atoms with Crippen molar-refractivity contribution in [3.8, 4) is 0 Å². The Bertz CT molecular complexity index is 438. The summed E-state index contributed by atoms with van der Waals surface area (Å²) in [5.41, 5.74) is 0.356. The van der Waals surface area contributed by atoms with Crippen LogP contribution in [0.2, 0.25) is 0 Å². The number of benzene rings is 1. The van der Waals surface area contributed by atoms with Crippen LogP contribution in [0.4, 0.5) is 0 Å². The van der Waals surface area contributed by atoms with Crippen LogP contribution in [0.5, 0.6) is 0 Å². The molecule has 88 valence electrons. The summed E-state index contributed by atoms with van der Waals surface area (Å²) >= 11 is 0. The summed E-state index contributed by atoms with van der Waals surface area (Å²) in [6, 6.07) is 8.22. The Morgan fingerprint density at radius 1 is 1.19 bits per heavy atom. The van der Waals surface area contributed by atoms with Crippen molar-refractivity contribution in [2.75, 3.05) is 13.2 Å². The molecule has 0 atom stereocenters. The lowest BCUT2D eigenvalue weighted by Crippen LogP contribution is -2.13. The van der Waals surface area contributed by atoms with E-state index in [0.29, 0.717) is 5.56 Å². The maximum atomic E-state index is 11.3. The van der Waals surface area contributed by atoms with Gasteiger partial charge in [-0.05, 0) is 12.1 Å². The Morgan fingerprint density at radius 2 is 1.81 bits per heavy atom. The third kappa shape index (κ3) is 4.87. The quantitative estimate of drug-likeness (QED) is 0.466. The summed E-state index contributed by atoms with van der Waals surface area (Å²) in [4.78, 5) is 11.3. The molecule has 0 saturated carbocycles. The highest BCUT2D eigenvalue weighted by Gasteiger charge is 2.07. The zero-order chi connectivity index (χ0) is 12.0. The van der Waals surface area contributed by atoms with Crippen LogP contribution in [0, 0.1) is 0 Å². The van der Waals surface area contributed by atoms with Crippen LogP contribution in [0.15, 0.2) is 30.3 Å². The van der Waals surface area contributed by atoms with E-state index in [4.69, 9.17) is 4.55 Å². The van der Waals surface area contributed by atoms with Gasteiger partial charge in [0.15, 0.2) is 0 Å². The number of carbonyl (C=O) groups is 1. The van der Waals surface area contributed by atoms with E-state index in [1.165, 1.54) is 0 Å². The van der Waals surface area contributed by atoms with Gasteiger partial charge in [0.25, 0.3) is 0 Å². The van der Waals surface area contributed by atoms with Gasteiger partial charge in [0.2, 0.25) is 0 Å². The van der Waals surface area contributed by atoms with E-state index in [9.17, 15) is 13.2 Å². The molecule has 0 radical (unpaired) electrons. The first-order chi connectivity index (χ1) is 7.49. The zero-order valence-corrected chi connectivity index (χ0v) is 9.01. The van der Waals surface area contributed by atoms with Gasteiger partial charge in [0, 0.05) is 0 Å². The predicted octanol–water partition coefficient (Wildman–Crippen LogP) is 0.663. The molecule has 0 bridgehead atoms. The van der Waals surface area contributed by atoms with Crippen LogP contribution in [0.25, 0.3) is 0 Å². The topological polar surface area (TPSA) is 89.9 Å². The number of carbonyl (C=O) groups excluding carboxylic acids is 1. The van der Waals surface area contributed by atoms with Crippen molar-refractivity contribution in [1.29, 1.82) is 0 Å². The predicted molar refractivity (Wildman–Crippen MR) is 54.2 cm³/mol. The molecular weight excluding hydrogens is 236 g/mol. The van der Waals surface area contributed by atoms with Crippen LogP contribution >= 0.6 is 0 Å². The summed E-state index contributed by atoms with van der Waals surface area (Å²) < 4.78 is 37.1. The summed E-state index contributed by atoms with van der Waals surface area (Å²) in [7, 11) is -4.48. The summed E-state index contributed by atoms with van der Waals surface area (Å²) in [6.07, 6.45) is 0. The third-order valence-electron chi connectivity index (χ3n) is 1.56. The molecule has 1 aromatic carbocycles. The average Bonchev–Trinajstić information content (AvgIpc) is 2.24. The number of rotatable bonds is 5. The molecule has 16 heavy (non-hydrogen) atoms. The smallest absolute Gasteiger partial charge is 0.397 e. The van der Waals surface area contributed by atoms with E-state index >= 15 is 0 Å². The van der Waals surface area contributed by atoms with E-state index < -0.39 is 23.0 Å². The molecule has 7 heteroatoms. The van der Waals surface area contributed by atoms with Crippen LogP contribution in [0.1, 0.15) is 10.4 Å². The Kier molecular flexibility index (Phi) is 4.41. The third-order valence-corrected chi connectivity index (χ3v) is 2.02. The van der Waals surface area contributed by atoms with Crippen LogP contribution < -0.4 is 0 Å².